The second-order valence-electron chi connectivity index (χ2n) is 7.44. The molecule has 0 radical (unpaired) electrons. The van der Waals surface area contributed by atoms with Crippen LogP contribution in [-0.4, -0.2) is 66.2 Å². The molecule has 1 aromatic carbocycles. The zero-order valence-electron chi connectivity index (χ0n) is 18.7. The summed E-state index contributed by atoms with van der Waals surface area (Å²) in [5.74, 6) is -0.724. The van der Waals surface area contributed by atoms with Crippen molar-refractivity contribution in [2.45, 2.75) is 20.5 Å². The second kappa shape index (κ2) is 10.0. The van der Waals surface area contributed by atoms with Crippen LogP contribution in [0.3, 0.4) is 0 Å². The van der Waals surface area contributed by atoms with E-state index in [9.17, 15) is 14.7 Å². The van der Waals surface area contributed by atoms with E-state index in [0.29, 0.717) is 43.2 Å². The summed E-state index contributed by atoms with van der Waals surface area (Å²) in [4.78, 5) is 28.1. The quantitative estimate of drug-likeness (QED) is 0.545. The van der Waals surface area contributed by atoms with Crippen LogP contribution in [0.4, 0.5) is 5.82 Å². The highest BCUT2D eigenvalue weighted by Gasteiger charge is 2.33. The number of aliphatic hydroxyl groups is 1. The fourth-order valence-corrected chi connectivity index (χ4v) is 4.05. The average molecular weight is 453 g/mol. The molecule has 174 valence electrons. The van der Waals surface area contributed by atoms with Gasteiger partial charge in [0, 0.05) is 18.7 Å². The average Bonchev–Trinajstić information content (AvgIpc) is 3.19. The molecule has 1 N–H and O–H groups in total. The predicted octanol–water partition coefficient (Wildman–Crippen LogP) is 2.68. The first-order valence-corrected chi connectivity index (χ1v) is 11.0. The number of carbonyl (C=O) groups is 2. The molecule has 0 unspecified atom stereocenters. The number of anilines is 1. The van der Waals surface area contributed by atoms with Gasteiger partial charge in [0.25, 0.3) is 0 Å². The molecule has 0 amide bonds. The van der Waals surface area contributed by atoms with Crippen molar-refractivity contribution in [3.63, 3.8) is 0 Å². The number of aromatic nitrogens is 2. The number of benzene rings is 1. The van der Waals surface area contributed by atoms with Gasteiger partial charge in [-0.05, 0) is 25.5 Å². The lowest BCUT2D eigenvalue weighted by Crippen LogP contribution is -2.37. The normalized spacial score (nSPS) is 13.8. The van der Waals surface area contributed by atoms with Crippen molar-refractivity contribution < 1.29 is 28.9 Å². The Bertz CT molecular complexity index is 1150. The van der Waals surface area contributed by atoms with Crippen LogP contribution < -0.4 is 4.90 Å². The molecule has 0 atom stereocenters. The monoisotopic (exact) mass is 453 g/mol. The van der Waals surface area contributed by atoms with Gasteiger partial charge in [0.2, 0.25) is 0 Å². The molecule has 0 spiro atoms. The number of hydrogen-bond donors (Lipinski definition) is 1. The Balaban J connectivity index is 2.08. The van der Waals surface area contributed by atoms with E-state index < -0.39 is 18.5 Å². The zero-order valence-corrected chi connectivity index (χ0v) is 18.7. The van der Waals surface area contributed by atoms with Gasteiger partial charge in [-0.1, -0.05) is 30.3 Å². The van der Waals surface area contributed by atoms with Crippen LogP contribution in [-0.2, 0) is 20.8 Å². The molecule has 3 heterocycles. The minimum atomic E-state index is -0.706. The van der Waals surface area contributed by atoms with Crippen LogP contribution in [0.15, 0.2) is 36.4 Å². The van der Waals surface area contributed by atoms with Gasteiger partial charge in [-0.3, -0.25) is 0 Å². The minimum Gasteiger partial charge on any atom is -0.462 e. The Morgan fingerprint density at radius 3 is 2.27 bits per heavy atom. The Kier molecular flexibility index (Phi) is 6.90. The molecule has 0 bridgehead atoms. The van der Waals surface area contributed by atoms with Gasteiger partial charge in [-0.25, -0.2) is 14.1 Å². The topological polar surface area (TPSA) is 103 Å². The lowest BCUT2D eigenvalue weighted by atomic mass is 10.0. The molecule has 1 fully saturated rings. The van der Waals surface area contributed by atoms with Crippen molar-refractivity contribution in [2.24, 2.45) is 0 Å². The van der Waals surface area contributed by atoms with Gasteiger partial charge >= 0.3 is 11.9 Å². The summed E-state index contributed by atoms with van der Waals surface area (Å²) in [6.07, 6.45) is 0. The number of carbonyl (C=O) groups excluding carboxylic acids is 2. The van der Waals surface area contributed by atoms with E-state index in [0.717, 1.165) is 5.56 Å². The highest BCUT2D eigenvalue weighted by Crippen LogP contribution is 2.35. The Morgan fingerprint density at radius 2 is 1.67 bits per heavy atom. The molecule has 3 aromatic rings. The third-order valence-electron chi connectivity index (χ3n) is 5.50. The molecular weight excluding hydrogens is 426 g/mol. The van der Waals surface area contributed by atoms with Crippen LogP contribution in [0, 0.1) is 0 Å². The largest absolute Gasteiger partial charge is 0.462 e. The van der Waals surface area contributed by atoms with Crippen molar-refractivity contribution in [3.8, 4) is 11.1 Å². The highest BCUT2D eigenvalue weighted by atomic mass is 16.5. The van der Waals surface area contributed by atoms with E-state index in [4.69, 9.17) is 19.3 Å². The van der Waals surface area contributed by atoms with Crippen LogP contribution >= 0.6 is 0 Å². The summed E-state index contributed by atoms with van der Waals surface area (Å²) in [6, 6.07) is 11.4. The first-order valence-electron chi connectivity index (χ1n) is 11.0. The minimum absolute atomic E-state index is 0.0263. The van der Waals surface area contributed by atoms with Crippen LogP contribution in [0.1, 0.15) is 40.3 Å². The molecule has 9 nitrogen and oxygen atoms in total. The number of hydrogen-bond acceptors (Lipinski definition) is 8. The predicted molar refractivity (Wildman–Crippen MR) is 121 cm³/mol. The molecule has 2 aromatic heterocycles. The van der Waals surface area contributed by atoms with Crippen molar-refractivity contribution in [1.29, 1.82) is 0 Å². The standard InChI is InChI=1S/C24H27N3O6/c1-3-32-23(29)20-18(15-28)27-22(21(20)24(30)33-4-2)17(16-8-6-5-7-9-16)14-19(25-27)26-10-12-31-13-11-26/h5-9,14,28H,3-4,10-13,15H2,1-2H3. The fraction of sp³-hybridized carbons (Fsp3) is 0.375. The first kappa shape index (κ1) is 22.8. The number of ether oxygens (including phenoxy) is 3. The molecule has 0 saturated carbocycles. The number of nitrogens with zero attached hydrogens (tertiary/aromatic N) is 3. The number of morpholine rings is 1. The van der Waals surface area contributed by atoms with E-state index in [1.165, 1.54) is 4.52 Å². The summed E-state index contributed by atoms with van der Waals surface area (Å²) in [6.45, 7) is 5.56. The maximum absolute atomic E-state index is 13.1. The number of aliphatic hydroxyl groups excluding tert-OH is 1. The van der Waals surface area contributed by atoms with Crippen LogP contribution in [0.5, 0.6) is 0 Å². The van der Waals surface area contributed by atoms with Gasteiger partial charge in [0.15, 0.2) is 0 Å². The number of fused-ring (bicyclic) bond motifs is 1. The lowest BCUT2D eigenvalue weighted by Gasteiger charge is -2.28. The Morgan fingerprint density at radius 1 is 1.03 bits per heavy atom. The summed E-state index contributed by atoms with van der Waals surface area (Å²) in [5.41, 5.74) is 2.12. The van der Waals surface area contributed by atoms with Crippen molar-refractivity contribution in [2.75, 3.05) is 44.4 Å². The Labute approximate surface area is 191 Å². The van der Waals surface area contributed by atoms with Gasteiger partial charge < -0.3 is 24.2 Å². The number of esters is 2. The molecule has 1 aliphatic rings. The summed E-state index contributed by atoms with van der Waals surface area (Å²) >= 11 is 0. The maximum atomic E-state index is 13.1. The van der Waals surface area contributed by atoms with Gasteiger partial charge in [0.05, 0.1) is 44.2 Å². The van der Waals surface area contributed by atoms with E-state index in [1.54, 1.807) is 13.8 Å². The first-order chi connectivity index (χ1) is 16.1. The molecule has 4 rings (SSSR count). The smallest absolute Gasteiger partial charge is 0.341 e. The maximum Gasteiger partial charge on any atom is 0.341 e. The second-order valence-corrected chi connectivity index (χ2v) is 7.44. The van der Waals surface area contributed by atoms with Crippen molar-refractivity contribution in [3.05, 3.63) is 53.2 Å². The van der Waals surface area contributed by atoms with E-state index >= 15 is 0 Å². The third kappa shape index (κ3) is 4.29. The van der Waals surface area contributed by atoms with Gasteiger partial charge in [-0.15, -0.1) is 5.10 Å². The number of rotatable bonds is 7. The molecule has 9 heteroatoms. The molecule has 1 saturated heterocycles. The Hall–Kier alpha value is -3.43. The van der Waals surface area contributed by atoms with E-state index in [2.05, 4.69) is 4.90 Å². The summed E-state index contributed by atoms with van der Waals surface area (Å²) < 4.78 is 17.5. The molecule has 1 aliphatic heterocycles. The van der Waals surface area contributed by atoms with Crippen molar-refractivity contribution >= 4 is 23.3 Å². The highest BCUT2D eigenvalue weighted by molar-refractivity contribution is 6.12. The lowest BCUT2D eigenvalue weighted by molar-refractivity contribution is 0.0479. The van der Waals surface area contributed by atoms with Gasteiger partial charge in [-0.2, -0.15) is 0 Å². The molecule has 0 aliphatic carbocycles. The third-order valence-corrected chi connectivity index (χ3v) is 5.50. The summed E-state index contributed by atoms with van der Waals surface area (Å²) in [5, 5.41) is 15.0. The molecule has 33 heavy (non-hydrogen) atoms. The summed E-state index contributed by atoms with van der Waals surface area (Å²) in [7, 11) is 0. The van der Waals surface area contributed by atoms with Crippen molar-refractivity contribution in [1.82, 2.24) is 9.61 Å². The van der Waals surface area contributed by atoms with Crippen LogP contribution in [0.25, 0.3) is 16.6 Å². The van der Waals surface area contributed by atoms with Gasteiger partial charge in [0.1, 0.15) is 16.9 Å². The fourth-order valence-electron chi connectivity index (χ4n) is 4.05. The zero-order chi connectivity index (χ0) is 23.4. The van der Waals surface area contributed by atoms with E-state index in [-0.39, 0.29) is 30.0 Å². The van der Waals surface area contributed by atoms with Crippen LogP contribution in [0.2, 0.25) is 0 Å². The SMILES string of the molecule is CCOC(=O)c1c(C(=O)OCC)c2c(-c3ccccc3)cc(N3CCOCC3)nn2c1CO. The molecular formula is C24H27N3O6. The van der Waals surface area contributed by atoms with E-state index in [1.807, 2.05) is 36.4 Å².